The van der Waals surface area contributed by atoms with Crippen molar-refractivity contribution in [2.45, 2.75) is 53.4 Å². The topological polar surface area (TPSA) is 77.4 Å². The van der Waals surface area contributed by atoms with Crippen LogP contribution >= 0.6 is 0 Å². The second kappa shape index (κ2) is 10.7. The third kappa shape index (κ3) is 5.01. The Morgan fingerprint density at radius 2 is 0.708 bits per heavy atom. The third-order valence-electron chi connectivity index (χ3n) is 3.07. The minimum atomic E-state index is -0.202. The molecule has 6 heteroatoms. The molecule has 0 bridgehead atoms. The van der Waals surface area contributed by atoms with Crippen LogP contribution in [0.1, 0.15) is 53.4 Å². The number of phenolic OH excluding ortho intramolecular Hbond substituents is 2. The van der Waals surface area contributed by atoms with Gasteiger partial charge in [-0.15, -0.1) is 0 Å². The first kappa shape index (κ1) is 20.1. The summed E-state index contributed by atoms with van der Waals surface area (Å²) in [7, 11) is 0. The largest absolute Gasteiger partial charge is 0.501 e. The summed E-state index contributed by atoms with van der Waals surface area (Å²) in [5, 5.41) is 21.2. The van der Waals surface area contributed by atoms with Gasteiger partial charge in [-0.1, -0.05) is 27.7 Å². The predicted octanol–water partition coefficient (Wildman–Crippen LogP) is 4.25. The summed E-state index contributed by atoms with van der Waals surface area (Å²) in [6.45, 7) is 9.37. The van der Waals surface area contributed by atoms with E-state index in [0.29, 0.717) is 26.4 Å². The Hall–Kier alpha value is -1.98. The molecule has 0 aliphatic carbocycles. The predicted molar refractivity (Wildman–Crippen MR) is 92.9 cm³/mol. The lowest BCUT2D eigenvalue weighted by Crippen LogP contribution is -2.07. The maximum absolute atomic E-state index is 10.6. The molecule has 0 saturated carbocycles. The van der Waals surface area contributed by atoms with Crippen LogP contribution in [0, 0.1) is 0 Å². The first-order valence-corrected chi connectivity index (χ1v) is 8.75. The first-order chi connectivity index (χ1) is 11.6. The quantitative estimate of drug-likeness (QED) is 0.553. The molecule has 1 aromatic carbocycles. The summed E-state index contributed by atoms with van der Waals surface area (Å²) in [5.74, 6) is -0.0233. The Morgan fingerprint density at radius 3 is 0.875 bits per heavy atom. The Balaban J connectivity index is 3.39. The number of aromatic hydroxyl groups is 2. The lowest BCUT2D eigenvalue weighted by atomic mass is 10.2. The van der Waals surface area contributed by atoms with E-state index in [9.17, 15) is 10.2 Å². The molecule has 0 fully saturated rings. The van der Waals surface area contributed by atoms with Gasteiger partial charge in [0.2, 0.25) is 34.5 Å². The summed E-state index contributed by atoms with van der Waals surface area (Å²) < 4.78 is 22.4. The Morgan fingerprint density at radius 1 is 0.500 bits per heavy atom. The molecule has 1 rings (SSSR count). The smallest absolute Gasteiger partial charge is 0.211 e. The molecule has 1 aromatic rings. The normalized spacial score (nSPS) is 10.5. The number of hydrogen-bond donors (Lipinski definition) is 2. The fourth-order valence-corrected chi connectivity index (χ4v) is 1.99. The molecule has 0 atom stereocenters. The van der Waals surface area contributed by atoms with Crippen molar-refractivity contribution >= 4 is 0 Å². The van der Waals surface area contributed by atoms with E-state index in [1.54, 1.807) is 0 Å². The van der Waals surface area contributed by atoms with E-state index in [4.69, 9.17) is 18.9 Å². The molecule has 138 valence electrons. The number of phenols is 2. The van der Waals surface area contributed by atoms with E-state index in [0.717, 1.165) is 25.7 Å². The summed E-state index contributed by atoms with van der Waals surface area (Å²) in [5.41, 5.74) is 0. The molecule has 0 saturated heterocycles. The average molecular weight is 342 g/mol. The summed E-state index contributed by atoms with van der Waals surface area (Å²) in [6, 6.07) is 0. The van der Waals surface area contributed by atoms with Crippen LogP contribution in [0.4, 0.5) is 0 Å². The number of rotatable bonds is 12. The van der Waals surface area contributed by atoms with Crippen molar-refractivity contribution in [1.29, 1.82) is 0 Å². The highest BCUT2D eigenvalue weighted by atomic mass is 16.6. The molecule has 0 aliphatic rings. The van der Waals surface area contributed by atoms with Crippen LogP contribution in [0.15, 0.2) is 0 Å². The number of benzene rings is 1. The van der Waals surface area contributed by atoms with Crippen molar-refractivity contribution in [3.05, 3.63) is 0 Å². The van der Waals surface area contributed by atoms with Gasteiger partial charge in [-0.2, -0.15) is 0 Å². The Labute approximate surface area is 144 Å². The van der Waals surface area contributed by atoms with Crippen molar-refractivity contribution < 1.29 is 29.2 Å². The SMILES string of the molecule is CCCOc1c(O)c(OCCC)c(OCCC)c(O)c1OCCC. The van der Waals surface area contributed by atoms with Crippen LogP contribution < -0.4 is 18.9 Å². The van der Waals surface area contributed by atoms with Gasteiger partial charge in [0.25, 0.3) is 0 Å². The van der Waals surface area contributed by atoms with Gasteiger partial charge in [0.05, 0.1) is 26.4 Å². The zero-order valence-electron chi connectivity index (χ0n) is 15.2. The fraction of sp³-hybridized carbons (Fsp3) is 0.667. The van der Waals surface area contributed by atoms with Crippen LogP contribution in [-0.2, 0) is 0 Å². The lowest BCUT2D eigenvalue weighted by Gasteiger charge is -2.21. The molecule has 0 spiro atoms. The van der Waals surface area contributed by atoms with Crippen molar-refractivity contribution in [1.82, 2.24) is 0 Å². The van der Waals surface area contributed by atoms with Crippen LogP contribution in [0.25, 0.3) is 0 Å². The molecule has 0 radical (unpaired) electrons. The van der Waals surface area contributed by atoms with Gasteiger partial charge < -0.3 is 29.2 Å². The molecule has 24 heavy (non-hydrogen) atoms. The Bertz CT molecular complexity index is 415. The average Bonchev–Trinajstić information content (AvgIpc) is 2.59. The zero-order chi connectivity index (χ0) is 17.9. The summed E-state index contributed by atoms with van der Waals surface area (Å²) >= 11 is 0. The molecule has 0 aromatic heterocycles. The van der Waals surface area contributed by atoms with E-state index < -0.39 is 0 Å². The van der Waals surface area contributed by atoms with Crippen molar-refractivity contribution in [2.24, 2.45) is 0 Å². The Kier molecular flexibility index (Phi) is 8.97. The van der Waals surface area contributed by atoms with Crippen molar-refractivity contribution in [3.8, 4) is 34.5 Å². The maximum Gasteiger partial charge on any atom is 0.211 e. The van der Waals surface area contributed by atoms with E-state index in [-0.39, 0.29) is 34.5 Å². The van der Waals surface area contributed by atoms with Gasteiger partial charge in [-0.25, -0.2) is 0 Å². The second-order valence-corrected chi connectivity index (χ2v) is 5.41. The van der Waals surface area contributed by atoms with Crippen molar-refractivity contribution in [2.75, 3.05) is 26.4 Å². The highest BCUT2D eigenvalue weighted by Crippen LogP contribution is 2.57. The van der Waals surface area contributed by atoms with E-state index in [1.807, 2.05) is 27.7 Å². The van der Waals surface area contributed by atoms with Gasteiger partial charge in [-0.3, -0.25) is 0 Å². The molecular formula is C18H30O6. The number of hydrogen-bond acceptors (Lipinski definition) is 6. The van der Waals surface area contributed by atoms with E-state index >= 15 is 0 Å². The van der Waals surface area contributed by atoms with Gasteiger partial charge in [0.1, 0.15) is 0 Å². The monoisotopic (exact) mass is 342 g/mol. The molecule has 6 nitrogen and oxygen atoms in total. The van der Waals surface area contributed by atoms with E-state index in [2.05, 4.69) is 0 Å². The molecule has 0 unspecified atom stereocenters. The highest BCUT2D eigenvalue weighted by molar-refractivity contribution is 5.72. The molecule has 0 amide bonds. The standard InChI is InChI=1S/C18H30O6/c1-5-9-21-15-13(19)17(23-11-7-3)18(24-12-8-4)14(20)16(15)22-10-6-2/h19-20H,5-12H2,1-4H3. The van der Waals surface area contributed by atoms with E-state index in [1.165, 1.54) is 0 Å². The number of ether oxygens (including phenoxy) is 4. The lowest BCUT2D eigenvalue weighted by molar-refractivity contribution is 0.217. The third-order valence-corrected chi connectivity index (χ3v) is 3.07. The van der Waals surface area contributed by atoms with Gasteiger partial charge in [0.15, 0.2) is 0 Å². The van der Waals surface area contributed by atoms with Crippen LogP contribution in [0.5, 0.6) is 34.5 Å². The summed E-state index contributed by atoms with van der Waals surface area (Å²) in [6.07, 6.45) is 3.03. The van der Waals surface area contributed by atoms with Crippen LogP contribution in [0.2, 0.25) is 0 Å². The fourth-order valence-electron chi connectivity index (χ4n) is 1.99. The molecule has 0 aliphatic heterocycles. The minimum absolute atomic E-state index is 0.0951. The zero-order valence-corrected chi connectivity index (χ0v) is 15.2. The van der Waals surface area contributed by atoms with Crippen molar-refractivity contribution in [3.63, 3.8) is 0 Å². The molecular weight excluding hydrogens is 312 g/mol. The highest BCUT2D eigenvalue weighted by Gasteiger charge is 2.29. The second-order valence-electron chi connectivity index (χ2n) is 5.41. The summed E-state index contributed by atoms with van der Waals surface area (Å²) in [4.78, 5) is 0. The van der Waals surface area contributed by atoms with Gasteiger partial charge in [0, 0.05) is 0 Å². The van der Waals surface area contributed by atoms with Crippen LogP contribution in [-0.4, -0.2) is 36.6 Å². The molecule has 0 heterocycles. The first-order valence-electron chi connectivity index (χ1n) is 8.75. The maximum atomic E-state index is 10.6. The van der Waals surface area contributed by atoms with Crippen LogP contribution in [0.3, 0.4) is 0 Å². The van der Waals surface area contributed by atoms with Gasteiger partial charge >= 0.3 is 0 Å². The van der Waals surface area contributed by atoms with Gasteiger partial charge in [-0.05, 0) is 25.7 Å². The molecule has 2 N–H and O–H groups in total. The minimum Gasteiger partial charge on any atom is -0.501 e.